The van der Waals surface area contributed by atoms with Crippen LogP contribution in [0.3, 0.4) is 0 Å². The van der Waals surface area contributed by atoms with E-state index in [9.17, 15) is 0 Å². The van der Waals surface area contributed by atoms with Gasteiger partial charge in [-0.3, -0.25) is 0 Å². The Morgan fingerprint density at radius 2 is 2.00 bits per heavy atom. The maximum absolute atomic E-state index is 6.11. The Kier molecular flexibility index (Phi) is 3.48. The number of hydrogen-bond donors (Lipinski definition) is 0. The van der Waals surface area contributed by atoms with Crippen molar-refractivity contribution >= 4 is 34.2 Å². The lowest BCUT2D eigenvalue weighted by atomic mass is 9.83. The van der Waals surface area contributed by atoms with E-state index < -0.39 is 0 Å². The van der Waals surface area contributed by atoms with Crippen LogP contribution < -0.4 is 0 Å². The molecule has 4 heteroatoms. The number of imidazole rings is 1. The van der Waals surface area contributed by atoms with Crippen LogP contribution in [0.4, 0.5) is 0 Å². The van der Waals surface area contributed by atoms with E-state index in [0.717, 1.165) is 21.9 Å². The van der Waals surface area contributed by atoms with Crippen molar-refractivity contribution in [1.29, 1.82) is 0 Å². The van der Waals surface area contributed by atoms with E-state index in [-0.39, 0.29) is 5.54 Å². The SMILES string of the molecule is CC1(n2c(CCl)nc3cc(Cl)ccc32)CCCCC1. The number of nitrogens with zero attached hydrogens (tertiary/aromatic N) is 2. The minimum absolute atomic E-state index is 0.144. The van der Waals surface area contributed by atoms with Gasteiger partial charge in [0.25, 0.3) is 0 Å². The maximum atomic E-state index is 6.11. The molecule has 3 rings (SSSR count). The second-order valence-corrected chi connectivity index (χ2v) is 6.39. The summed E-state index contributed by atoms with van der Waals surface area (Å²) in [5.41, 5.74) is 2.25. The minimum Gasteiger partial charge on any atom is -0.321 e. The summed E-state index contributed by atoms with van der Waals surface area (Å²) in [7, 11) is 0. The lowest BCUT2D eigenvalue weighted by Crippen LogP contribution is -2.33. The normalized spacial score (nSPS) is 18.9. The molecule has 102 valence electrons. The molecule has 0 bridgehead atoms. The molecule has 0 aliphatic heterocycles. The Labute approximate surface area is 123 Å². The molecule has 0 N–H and O–H groups in total. The van der Waals surface area contributed by atoms with Crippen molar-refractivity contribution < 1.29 is 0 Å². The Bertz CT molecular complexity index is 597. The van der Waals surface area contributed by atoms with E-state index in [1.807, 2.05) is 12.1 Å². The lowest BCUT2D eigenvalue weighted by Gasteiger charge is -2.36. The van der Waals surface area contributed by atoms with Crippen molar-refractivity contribution in [3.05, 3.63) is 29.0 Å². The van der Waals surface area contributed by atoms with Gasteiger partial charge in [-0.05, 0) is 38.0 Å². The lowest BCUT2D eigenvalue weighted by molar-refractivity contribution is 0.220. The number of benzene rings is 1. The molecule has 1 heterocycles. The van der Waals surface area contributed by atoms with E-state index in [0.29, 0.717) is 5.88 Å². The number of hydrogen-bond acceptors (Lipinski definition) is 1. The fraction of sp³-hybridized carbons (Fsp3) is 0.533. The molecule has 0 amide bonds. The smallest absolute Gasteiger partial charge is 0.125 e. The quantitative estimate of drug-likeness (QED) is 0.704. The van der Waals surface area contributed by atoms with Crippen molar-refractivity contribution in [3.8, 4) is 0 Å². The van der Waals surface area contributed by atoms with Crippen LogP contribution in [-0.4, -0.2) is 9.55 Å². The summed E-state index contributed by atoms with van der Waals surface area (Å²) in [6.45, 7) is 2.33. The van der Waals surface area contributed by atoms with Gasteiger partial charge < -0.3 is 4.57 Å². The molecule has 0 spiro atoms. The van der Waals surface area contributed by atoms with E-state index in [1.165, 1.54) is 32.1 Å². The summed E-state index contributed by atoms with van der Waals surface area (Å²) in [6.07, 6.45) is 6.30. The first-order valence-corrected chi connectivity index (χ1v) is 7.79. The standard InChI is InChI=1S/C15H18Cl2N2/c1-15(7-3-2-4-8-15)19-13-6-5-11(17)9-12(13)18-14(19)10-16/h5-6,9H,2-4,7-8,10H2,1H3. The monoisotopic (exact) mass is 296 g/mol. The highest BCUT2D eigenvalue weighted by Gasteiger charge is 2.32. The molecule has 2 aromatic rings. The zero-order valence-electron chi connectivity index (χ0n) is 11.1. The predicted octanol–water partition coefficient (Wildman–Crippen LogP) is 5.11. The molecule has 1 fully saturated rings. The maximum Gasteiger partial charge on any atom is 0.125 e. The van der Waals surface area contributed by atoms with E-state index in [1.54, 1.807) is 0 Å². The average molecular weight is 297 g/mol. The molecule has 1 aliphatic rings. The summed E-state index contributed by atoms with van der Waals surface area (Å²) in [6, 6.07) is 5.93. The Morgan fingerprint density at radius 3 is 2.68 bits per heavy atom. The van der Waals surface area contributed by atoms with Crippen LogP contribution in [-0.2, 0) is 11.4 Å². The van der Waals surface area contributed by atoms with E-state index in [2.05, 4.69) is 22.5 Å². The van der Waals surface area contributed by atoms with Crippen molar-refractivity contribution in [2.24, 2.45) is 0 Å². The number of fused-ring (bicyclic) bond motifs is 1. The Morgan fingerprint density at radius 1 is 1.26 bits per heavy atom. The highest BCUT2D eigenvalue weighted by molar-refractivity contribution is 6.31. The molecular formula is C15H18Cl2N2. The van der Waals surface area contributed by atoms with Gasteiger partial charge in [0.05, 0.1) is 16.9 Å². The minimum atomic E-state index is 0.144. The van der Waals surface area contributed by atoms with Crippen molar-refractivity contribution in [2.75, 3.05) is 0 Å². The highest BCUT2D eigenvalue weighted by Crippen LogP contribution is 2.38. The van der Waals surface area contributed by atoms with Gasteiger partial charge in [-0.25, -0.2) is 4.98 Å². The molecule has 0 atom stereocenters. The predicted molar refractivity (Wildman–Crippen MR) is 81.0 cm³/mol. The molecule has 0 unspecified atom stereocenters. The van der Waals surface area contributed by atoms with Crippen LogP contribution in [0.2, 0.25) is 5.02 Å². The van der Waals surface area contributed by atoms with Crippen LogP contribution in [0, 0.1) is 0 Å². The van der Waals surface area contributed by atoms with E-state index in [4.69, 9.17) is 23.2 Å². The zero-order chi connectivity index (χ0) is 13.5. The molecule has 0 radical (unpaired) electrons. The van der Waals surface area contributed by atoms with Crippen LogP contribution in [0.25, 0.3) is 11.0 Å². The number of halogens is 2. The van der Waals surface area contributed by atoms with Gasteiger partial charge in [-0.15, -0.1) is 11.6 Å². The number of rotatable bonds is 2. The van der Waals surface area contributed by atoms with Gasteiger partial charge >= 0.3 is 0 Å². The van der Waals surface area contributed by atoms with Crippen LogP contribution in [0.15, 0.2) is 18.2 Å². The molecule has 0 saturated heterocycles. The number of alkyl halides is 1. The van der Waals surface area contributed by atoms with Gasteiger partial charge in [-0.2, -0.15) is 0 Å². The summed E-state index contributed by atoms with van der Waals surface area (Å²) < 4.78 is 2.35. The van der Waals surface area contributed by atoms with Gasteiger partial charge in [0.1, 0.15) is 5.82 Å². The largest absolute Gasteiger partial charge is 0.321 e. The van der Waals surface area contributed by atoms with Crippen molar-refractivity contribution in [3.63, 3.8) is 0 Å². The Balaban J connectivity index is 2.20. The van der Waals surface area contributed by atoms with Gasteiger partial charge in [0.15, 0.2) is 0 Å². The topological polar surface area (TPSA) is 17.8 Å². The second-order valence-electron chi connectivity index (χ2n) is 5.69. The summed E-state index contributed by atoms with van der Waals surface area (Å²) in [5.74, 6) is 1.41. The molecule has 2 nitrogen and oxygen atoms in total. The molecular weight excluding hydrogens is 279 g/mol. The van der Waals surface area contributed by atoms with Crippen LogP contribution in [0.1, 0.15) is 44.9 Å². The molecule has 19 heavy (non-hydrogen) atoms. The molecule has 1 aromatic carbocycles. The highest BCUT2D eigenvalue weighted by atomic mass is 35.5. The fourth-order valence-corrected chi connectivity index (χ4v) is 3.68. The van der Waals surface area contributed by atoms with Crippen molar-refractivity contribution in [2.45, 2.75) is 50.4 Å². The van der Waals surface area contributed by atoms with Gasteiger partial charge in [-0.1, -0.05) is 30.9 Å². The third kappa shape index (κ3) is 2.25. The molecule has 1 aromatic heterocycles. The summed E-state index contributed by atoms with van der Waals surface area (Å²) in [5, 5.41) is 0.729. The third-order valence-corrected chi connectivity index (χ3v) is 4.75. The van der Waals surface area contributed by atoms with Crippen LogP contribution in [0.5, 0.6) is 0 Å². The second kappa shape index (κ2) is 4.99. The van der Waals surface area contributed by atoms with Crippen LogP contribution >= 0.6 is 23.2 Å². The zero-order valence-corrected chi connectivity index (χ0v) is 12.6. The third-order valence-electron chi connectivity index (χ3n) is 4.28. The Hall–Kier alpha value is -0.730. The van der Waals surface area contributed by atoms with Gasteiger partial charge in [0, 0.05) is 10.6 Å². The van der Waals surface area contributed by atoms with Crippen molar-refractivity contribution in [1.82, 2.24) is 9.55 Å². The van der Waals surface area contributed by atoms with Gasteiger partial charge in [0.2, 0.25) is 0 Å². The summed E-state index contributed by atoms with van der Waals surface area (Å²) in [4.78, 5) is 4.66. The molecule has 1 saturated carbocycles. The first-order chi connectivity index (χ1) is 9.14. The molecule has 1 aliphatic carbocycles. The number of aromatic nitrogens is 2. The fourth-order valence-electron chi connectivity index (χ4n) is 3.33. The summed E-state index contributed by atoms with van der Waals surface area (Å²) >= 11 is 12.2. The first-order valence-electron chi connectivity index (χ1n) is 6.87. The average Bonchev–Trinajstić information content (AvgIpc) is 2.77. The first kappa shape index (κ1) is 13.3. The van der Waals surface area contributed by atoms with E-state index >= 15 is 0 Å².